The van der Waals surface area contributed by atoms with Crippen molar-refractivity contribution in [3.05, 3.63) is 88.6 Å². The fourth-order valence-corrected chi connectivity index (χ4v) is 7.44. The molecule has 7 nitrogen and oxygen atoms in total. The van der Waals surface area contributed by atoms with Gasteiger partial charge in [0, 0.05) is 71.4 Å². The number of phenols is 1. The second-order valence-electron chi connectivity index (χ2n) is 10.7. The van der Waals surface area contributed by atoms with Gasteiger partial charge in [-0.15, -0.1) is 22.9 Å². The van der Waals surface area contributed by atoms with Crippen LogP contribution in [-0.4, -0.2) is 38.5 Å². The molecule has 0 fully saturated rings. The quantitative estimate of drug-likeness (QED) is 0.217. The summed E-state index contributed by atoms with van der Waals surface area (Å²) in [6.07, 6.45) is 0. The molecular weight excluding hydrogens is 556 g/mol. The number of anilines is 2. The number of amides is 2. The molecule has 1 atom stereocenters. The Kier molecular flexibility index (Phi) is 5.88. The van der Waals surface area contributed by atoms with Gasteiger partial charge in [-0.05, 0) is 59.8 Å². The molecule has 9 heteroatoms. The molecule has 41 heavy (non-hydrogen) atoms. The predicted molar refractivity (Wildman–Crippen MR) is 167 cm³/mol. The summed E-state index contributed by atoms with van der Waals surface area (Å²) in [5, 5.41) is 18.7. The first kappa shape index (κ1) is 25.7. The summed E-state index contributed by atoms with van der Waals surface area (Å²) in [6, 6.07) is 19.0. The molecule has 0 saturated heterocycles. The Bertz CT molecular complexity index is 2050. The van der Waals surface area contributed by atoms with Crippen LogP contribution in [0.1, 0.15) is 38.0 Å². The Balaban J connectivity index is 1.22. The van der Waals surface area contributed by atoms with Gasteiger partial charge in [0.05, 0.1) is 10.4 Å². The number of carbonyl (C=O) groups excluding carboxylic acids is 2. The van der Waals surface area contributed by atoms with Crippen molar-refractivity contribution in [3.63, 3.8) is 0 Å². The molecule has 0 aliphatic carbocycles. The Morgan fingerprint density at radius 1 is 1.00 bits per heavy atom. The van der Waals surface area contributed by atoms with E-state index in [-0.39, 0.29) is 23.5 Å². The van der Waals surface area contributed by atoms with Crippen molar-refractivity contribution in [1.29, 1.82) is 0 Å². The predicted octanol–water partition coefficient (Wildman–Crippen LogP) is 7.13. The zero-order chi connectivity index (χ0) is 28.6. The number of hydrogen-bond donors (Lipinski definition) is 2. The summed E-state index contributed by atoms with van der Waals surface area (Å²) in [4.78, 5) is 28.9. The highest BCUT2D eigenvalue weighted by Gasteiger charge is 2.36. The van der Waals surface area contributed by atoms with Crippen molar-refractivity contribution in [2.75, 3.05) is 22.6 Å². The summed E-state index contributed by atoms with van der Waals surface area (Å²) < 4.78 is 4.58. The molecule has 0 bridgehead atoms. The van der Waals surface area contributed by atoms with Gasteiger partial charge in [0.1, 0.15) is 17.1 Å². The summed E-state index contributed by atoms with van der Waals surface area (Å²) in [5.41, 5.74) is 6.39. The Morgan fingerprint density at radius 3 is 2.51 bits per heavy atom. The fourth-order valence-electron chi connectivity index (χ4n) is 6.21. The van der Waals surface area contributed by atoms with Gasteiger partial charge in [-0.25, -0.2) is 0 Å². The Hall–Kier alpha value is -4.27. The molecular formula is C32H27ClN4O3S. The van der Waals surface area contributed by atoms with Gasteiger partial charge >= 0.3 is 0 Å². The Morgan fingerprint density at radius 2 is 1.73 bits per heavy atom. The molecule has 2 N–H and O–H groups in total. The highest BCUT2D eigenvalue weighted by Crippen LogP contribution is 2.48. The van der Waals surface area contributed by atoms with Gasteiger partial charge in [0.25, 0.3) is 11.8 Å². The first-order valence-corrected chi connectivity index (χ1v) is 14.7. The van der Waals surface area contributed by atoms with Gasteiger partial charge in [-0.1, -0.05) is 18.2 Å². The van der Waals surface area contributed by atoms with Gasteiger partial charge in [0.15, 0.2) is 0 Å². The summed E-state index contributed by atoms with van der Waals surface area (Å²) >= 11 is 7.91. The van der Waals surface area contributed by atoms with Crippen LogP contribution in [0.2, 0.25) is 0 Å². The number of hydrogen-bond acceptors (Lipinski definition) is 4. The third-order valence-corrected chi connectivity index (χ3v) is 9.76. The topological polar surface area (TPSA) is 79.5 Å². The standard InChI is InChI=1S/C32H27ClN4O3S/c1-17-16-41-30-27(38)13-24-29(28(17)30)20(14-33)15-37(24)32(40)26-12-19-10-21(8-9-23(19)36(26)3)34-31(39)25-11-18-6-4-5-7-22(18)35(25)2/h4-13,16,20,38H,14-15H2,1-3H3,(H,34,39)/t20-/m0/s1. The van der Waals surface area contributed by atoms with Crippen LogP contribution in [0.25, 0.3) is 31.9 Å². The second-order valence-corrected chi connectivity index (χ2v) is 11.9. The maximum Gasteiger partial charge on any atom is 0.274 e. The molecule has 0 radical (unpaired) electrons. The van der Waals surface area contributed by atoms with E-state index in [0.29, 0.717) is 35.2 Å². The van der Waals surface area contributed by atoms with Gasteiger partial charge in [-0.3, -0.25) is 9.59 Å². The average molecular weight is 583 g/mol. The van der Waals surface area contributed by atoms with Gasteiger partial charge < -0.3 is 24.5 Å². The van der Waals surface area contributed by atoms with E-state index >= 15 is 0 Å². The molecule has 1 aliphatic rings. The van der Waals surface area contributed by atoms with E-state index in [4.69, 9.17) is 11.6 Å². The number of phenolic OH excluding ortho intramolecular Hbond substituents is 1. The van der Waals surface area contributed by atoms with Crippen molar-refractivity contribution in [1.82, 2.24) is 9.13 Å². The first-order chi connectivity index (χ1) is 19.8. The average Bonchev–Trinajstić information content (AvgIpc) is 3.71. The third kappa shape index (κ3) is 3.85. The second kappa shape index (κ2) is 9.39. The molecule has 206 valence electrons. The van der Waals surface area contributed by atoms with E-state index in [0.717, 1.165) is 43.0 Å². The van der Waals surface area contributed by atoms with Crippen LogP contribution in [0.3, 0.4) is 0 Å². The highest BCUT2D eigenvalue weighted by atomic mass is 35.5. The minimum Gasteiger partial charge on any atom is -0.506 e. The lowest BCUT2D eigenvalue weighted by Crippen LogP contribution is -2.31. The summed E-state index contributed by atoms with van der Waals surface area (Å²) in [7, 11) is 3.74. The number of aromatic hydroxyl groups is 1. The molecule has 4 heterocycles. The largest absolute Gasteiger partial charge is 0.506 e. The molecule has 7 rings (SSSR count). The molecule has 3 aromatic carbocycles. The number of rotatable bonds is 4. The van der Waals surface area contributed by atoms with Crippen LogP contribution >= 0.6 is 22.9 Å². The van der Waals surface area contributed by atoms with E-state index in [1.807, 2.05) is 90.1 Å². The normalized spacial score (nSPS) is 14.8. The molecule has 1 aliphatic heterocycles. The minimum atomic E-state index is -0.203. The van der Waals surface area contributed by atoms with Crippen molar-refractivity contribution >= 4 is 78.0 Å². The lowest BCUT2D eigenvalue weighted by Gasteiger charge is -2.18. The highest BCUT2D eigenvalue weighted by molar-refractivity contribution is 7.17. The first-order valence-electron chi connectivity index (χ1n) is 13.3. The van der Waals surface area contributed by atoms with Crippen LogP contribution < -0.4 is 10.2 Å². The number of thiophene rings is 1. The number of nitrogens with one attached hydrogen (secondary N) is 1. The smallest absolute Gasteiger partial charge is 0.274 e. The molecule has 3 aromatic heterocycles. The number of alkyl halides is 1. The number of halogens is 1. The zero-order valence-electron chi connectivity index (χ0n) is 22.7. The van der Waals surface area contributed by atoms with Crippen LogP contribution in [0, 0.1) is 6.92 Å². The van der Waals surface area contributed by atoms with Crippen LogP contribution in [0.15, 0.2) is 66.0 Å². The SMILES string of the molecule is Cc1csc2c(O)cc3c(c12)[C@@H](CCl)CN3C(=O)c1cc2cc(NC(=O)c3cc4ccccc4n3C)ccc2n1C. The number of fused-ring (bicyclic) bond motifs is 5. The maximum absolute atomic E-state index is 14.0. The zero-order valence-corrected chi connectivity index (χ0v) is 24.3. The number of aromatic nitrogens is 2. The monoisotopic (exact) mass is 582 g/mol. The maximum atomic E-state index is 14.0. The van der Waals surface area contributed by atoms with Crippen molar-refractivity contribution in [2.45, 2.75) is 12.8 Å². The van der Waals surface area contributed by atoms with Crippen LogP contribution in [-0.2, 0) is 14.1 Å². The van der Waals surface area contributed by atoms with E-state index < -0.39 is 0 Å². The van der Waals surface area contributed by atoms with Crippen molar-refractivity contribution in [2.24, 2.45) is 14.1 Å². The lowest BCUT2D eigenvalue weighted by atomic mass is 9.97. The number of aryl methyl sites for hydroxylation is 3. The summed E-state index contributed by atoms with van der Waals surface area (Å²) in [5.74, 6) is 0.156. The third-order valence-electron chi connectivity index (χ3n) is 8.26. The van der Waals surface area contributed by atoms with E-state index in [2.05, 4.69) is 5.32 Å². The number of nitrogens with zero attached hydrogens (tertiary/aromatic N) is 3. The lowest BCUT2D eigenvalue weighted by molar-refractivity contribution is 0.0979. The van der Waals surface area contributed by atoms with E-state index in [1.165, 1.54) is 11.3 Å². The fraction of sp³-hybridized carbons (Fsp3) is 0.188. The van der Waals surface area contributed by atoms with Crippen LogP contribution in [0.4, 0.5) is 11.4 Å². The van der Waals surface area contributed by atoms with E-state index in [1.54, 1.807) is 11.0 Å². The Labute approximate surface area is 245 Å². The van der Waals surface area contributed by atoms with Gasteiger partial charge in [0.2, 0.25) is 0 Å². The van der Waals surface area contributed by atoms with Crippen LogP contribution in [0.5, 0.6) is 5.75 Å². The summed E-state index contributed by atoms with van der Waals surface area (Å²) in [6.45, 7) is 2.47. The minimum absolute atomic E-state index is 0.0299. The van der Waals surface area contributed by atoms with Crippen molar-refractivity contribution in [3.8, 4) is 5.75 Å². The molecule has 0 saturated carbocycles. The number of benzene rings is 3. The molecule has 2 amide bonds. The van der Waals surface area contributed by atoms with Gasteiger partial charge in [-0.2, -0.15) is 0 Å². The van der Waals surface area contributed by atoms with Crippen molar-refractivity contribution < 1.29 is 14.7 Å². The molecule has 0 spiro atoms. The van der Waals surface area contributed by atoms with E-state index in [9.17, 15) is 14.7 Å². The molecule has 0 unspecified atom stereocenters. The number of carbonyl (C=O) groups is 2. The number of para-hydroxylation sites is 1. The molecule has 6 aromatic rings.